The number of carbonyl (C=O) groups is 2. The number of anilines is 1. The van der Waals surface area contributed by atoms with Crippen LogP contribution in [0.3, 0.4) is 0 Å². The van der Waals surface area contributed by atoms with E-state index in [-0.39, 0.29) is 29.6 Å². The Bertz CT molecular complexity index is 1170. The number of rotatable bonds is 12. The third-order valence-electron chi connectivity index (χ3n) is 5.80. The van der Waals surface area contributed by atoms with Gasteiger partial charge >= 0.3 is 0 Å². The van der Waals surface area contributed by atoms with E-state index in [0.717, 1.165) is 10.6 Å². The lowest BCUT2D eigenvalue weighted by Gasteiger charge is -2.32. The highest BCUT2D eigenvalue weighted by molar-refractivity contribution is 7.92. The van der Waals surface area contributed by atoms with Gasteiger partial charge in [0.25, 0.3) is 0 Å². The van der Waals surface area contributed by atoms with Crippen LogP contribution in [-0.4, -0.2) is 64.2 Å². The molecule has 0 aliphatic heterocycles. The maximum atomic E-state index is 14.4. The van der Waals surface area contributed by atoms with Crippen molar-refractivity contribution < 1.29 is 31.9 Å². The van der Waals surface area contributed by atoms with Crippen LogP contribution in [0.25, 0.3) is 0 Å². The number of halogens is 1. The molecule has 2 amide bonds. The monoisotopic (exact) mass is 523 g/mol. The molecule has 0 radical (unpaired) electrons. The fraction of sp³-hybridized carbons (Fsp3) is 0.440. The highest BCUT2D eigenvalue weighted by Gasteiger charge is 2.31. The average molecular weight is 524 g/mol. The van der Waals surface area contributed by atoms with E-state index in [1.54, 1.807) is 6.07 Å². The molecule has 9 nitrogen and oxygen atoms in total. The highest BCUT2D eigenvalue weighted by atomic mass is 32.2. The van der Waals surface area contributed by atoms with Gasteiger partial charge in [-0.25, -0.2) is 12.8 Å². The van der Waals surface area contributed by atoms with Crippen molar-refractivity contribution in [2.75, 3.05) is 31.3 Å². The highest BCUT2D eigenvalue weighted by Crippen LogP contribution is 2.32. The summed E-state index contributed by atoms with van der Waals surface area (Å²) in [6.07, 6.45) is 1.65. The Balaban J connectivity index is 2.45. The van der Waals surface area contributed by atoms with E-state index in [1.807, 2.05) is 13.8 Å². The van der Waals surface area contributed by atoms with Gasteiger partial charge in [-0.15, -0.1) is 0 Å². The number of amides is 2. The Morgan fingerprint density at radius 3 is 2.25 bits per heavy atom. The van der Waals surface area contributed by atoms with Crippen LogP contribution < -0.4 is 19.1 Å². The number of sulfonamides is 1. The van der Waals surface area contributed by atoms with Crippen LogP contribution in [0.4, 0.5) is 10.1 Å². The number of methoxy groups -OCH3 is 2. The maximum absolute atomic E-state index is 14.4. The number of ether oxygens (including phenoxy) is 2. The number of hydrogen-bond donors (Lipinski definition) is 1. The van der Waals surface area contributed by atoms with Crippen molar-refractivity contribution in [1.82, 2.24) is 10.2 Å². The minimum atomic E-state index is -3.93. The number of benzene rings is 2. The van der Waals surface area contributed by atoms with E-state index in [1.165, 1.54) is 62.4 Å². The number of nitrogens with zero attached hydrogens (tertiary/aromatic N) is 2. The summed E-state index contributed by atoms with van der Waals surface area (Å²) in [5, 5.41) is 2.82. The van der Waals surface area contributed by atoms with Crippen molar-refractivity contribution in [3.63, 3.8) is 0 Å². The molecule has 2 atom stereocenters. The predicted molar refractivity (Wildman–Crippen MR) is 136 cm³/mol. The Kier molecular flexibility index (Phi) is 10.1. The van der Waals surface area contributed by atoms with E-state index in [9.17, 15) is 22.4 Å². The van der Waals surface area contributed by atoms with Gasteiger partial charge in [-0.1, -0.05) is 25.1 Å². The number of hydrogen-bond acceptors (Lipinski definition) is 6. The van der Waals surface area contributed by atoms with E-state index in [0.29, 0.717) is 12.2 Å². The summed E-state index contributed by atoms with van der Waals surface area (Å²) in [7, 11) is -1.07. The quantitative estimate of drug-likeness (QED) is 0.459. The molecule has 0 fully saturated rings. The molecule has 11 heteroatoms. The normalized spacial score (nSPS) is 12.9. The Morgan fingerprint density at radius 1 is 1.06 bits per heavy atom. The SMILES string of the molecule is CC[C@H](C)NC(=O)[C@@H](C)N(Cc1ccccc1F)C(=O)CN(c1ccc(OC)c(OC)c1)S(C)(=O)=O. The topological polar surface area (TPSA) is 105 Å². The fourth-order valence-electron chi connectivity index (χ4n) is 3.45. The summed E-state index contributed by atoms with van der Waals surface area (Å²) in [5.41, 5.74) is 0.372. The van der Waals surface area contributed by atoms with Gasteiger partial charge in [-0.05, 0) is 38.5 Å². The number of nitrogens with one attached hydrogen (secondary N) is 1. The Morgan fingerprint density at radius 2 is 1.69 bits per heavy atom. The zero-order valence-electron chi connectivity index (χ0n) is 21.4. The third kappa shape index (κ3) is 7.33. The predicted octanol–water partition coefficient (Wildman–Crippen LogP) is 2.94. The van der Waals surface area contributed by atoms with E-state index in [2.05, 4.69) is 5.32 Å². The van der Waals surface area contributed by atoms with Crippen molar-refractivity contribution in [2.45, 2.75) is 45.8 Å². The largest absolute Gasteiger partial charge is 0.493 e. The fourth-order valence-corrected chi connectivity index (χ4v) is 4.29. The van der Waals surface area contributed by atoms with Crippen LogP contribution in [0.1, 0.15) is 32.8 Å². The summed E-state index contributed by atoms with van der Waals surface area (Å²) in [4.78, 5) is 27.6. The van der Waals surface area contributed by atoms with Gasteiger partial charge in [0.15, 0.2) is 11.5 Å². The lowest BCUT2D eigenvalue weighted by atomic mass is 10.1. The van der Waals surface area contributed by atoms with Gasteiger partial charge in [-0.2, -0.15) is 0 Å². The lowest BCUT2D eigenvalue weighted by molar-refractivity contribution is -0.139. The van der Waals surface area contributed by atoms with Crippen LogP contribution in [0.15, 0.2) is 42.5 Å². The summed E-state index contributed by atoms with van der Waals surface area (Å²) < 4.78 is 51.2. The molecule has 2 aromatic carbocycles. The van der Waals surface area contributed by atoms with Gasteiger partial charge < -0.3 is 19.7 Å². The summed E-state index contributed by atoms with van der Waals surface area (Å²) in [5.74, 6) is -0.973. The zero-order valence-corrected chi connectivity index (χ0v) is 22.3. The van der Waals surface area contributed by atoms with Crippen molar-refractivity contribution >= 4 is 27.5 Å². The van der Waals surface area contributed by atoms with E-state index in [4.69, 9.17) is 9.47 Å². The third-order valence-corrected chi connectivity index (χ3v) is 6.94. The number of carbonyl (C=O) groups excluding carboxylic acids is 2. The summed E-state index contributed by atoms with van der Waals surface area (Å²) in [6, 6.07) is 9.23. The van der Waals surface area contributed by atoms with E-state index >= 15 is 0 Å². The molecule has 1 N–H and O–H groups in total. The maximum Gasteiger partial charge on any atom is 0.244 e. The zero-order chi connectivity index (χ0) is 27.0. The van der Waals surface area contributed by atoms with Crippen LogP contribution in [-0.2, 0) is 26.2 Å². The lowest BCUT2D eigenvalue weighted by Crippen LogP contribution is -2.52. The second kappa shape index (κ2) is 12.6. The molecule has 36 heavy (non-hydrogen) atoms. The van der Waals surface area contributed by atoms with Crippen molar-refractivity contribution in [1.29, 1.82) is 0 Å². The second-order valence-corrected chi connectivity index (χ2v) is 10.3. The first-order chi connectivity index (χ1) is 16.9. The van der Waals surface area contributed by atoms with Gasteiger partial charge in [0.1, 0.15) is 18.4 Å². The molecule has 0 spiro atoms. The first-order valence-corrected chi connectivity index (χ1v) is 13.3. The summed E-state index contributed by atoms with van der Waals surface area (Å²) >= 11 is 0. The molecule has 2 aromatic rings. The average Bonchev–Trinajstić information content (AvgIpc) is 2.84. The molecule has 0 aliphatic carbocycles. The molecule has 0 bridgehead atoms. The molecular formula is C25H34FN3O6S. The van der Waals surface area contributed by atoms with E-state index < -0.39 is 40.2 Å². The molecule has 0 aliphatic rings. The molecule has 0 aromatic heterocycles. The Hall–Kier alpha value is -3.34. The van der Waals surface area contributed by atoms with Crippen LogP contribution in [0, 0.1) is 5.82 Å². The smallest absolute Gasteiger partial charge is 0.244 e. The molecule has 0 saturated heterocycles. The van der Waals surface area contributed by atoms with Gasteiger partial charge in [-0.3, -0.25) is 13.9 Å². The summed E-state index contributed by atoms with van der Waals surface area (Å²) in [6.45, 7) is 4.44. The van der Waals surface area contributed by atoms with Crippen molar-refractivity contribution in [3.05, 3.63) is 53.8 Å². The molecule has 0 heterocycles. The molecular weight excluding hydrogens is 489 g/mol. The minimum absolute atomic E-state index is 0.135. The van der Waals surface area contributed by atoms with Gasteiger partial charge in [0, 0.05) is 24.2 Å². The van der Waals surface area contributed by atoms with Crippen LogP contribution in [0.5, 0.6) is 11.5 Å². The van der Waals surface area contributed by atoms with Gasteiger partial charge in [0.2, 0.25) is 21.8 Å². The molecule has 2 rings (SSSR count). The standard InChI is InChI=1S/C25H34FN3O6S/c1-7-17(2)27-25(31)18(3)28(15-19-10-8-9-11-21(19)26)24(30)16-29(36(6,32)33)20-12-13-22(34-4)23(14-20)35-5/h8-14,17-18H,7,15-16H2,1-6H3,(H,27,31)/t17-,18+/m0/s1. The minimum Gasteiger partial charge on any atom is -0.493 e. The van der Waals surface area contributed by atoms with Crippen LogP contribution >= 0.6 is 0 Å². The molecule has 0 saturated carbocycles. The molecule has 0 unspecified atom stereocenters. The second-order valence-electron chi connectivity index (χ2n) is 8.42. The first-order valence-electron chi connectivity index (χ1n) is 11.5. The molecule has 198 valence electrons. The Labute approximate surface area is 212 Å². The van der Waals surface area contributed by atoms with Crippen molar-refractivity contribution in [2.24, 2.45) is 0 Å². The first kappa shape index (κ1) is 28.9. The van der Waals surface area contributed by atoms with Gasteiger partial charge in [0.05, 0.1) is 26.2 Å². The van der Waals surface area contributed by atoms with Crippen LogP contribution in [0.2, 0.25) is 0 Å². The van der Waals surface area contributed by atoms with Crippen molar-refractivity contribution in [3.8, 4) is 11.5 Å².